The monoisotopic (exact) mass is 404 g/mol. The molecule has 3 nitrogen and oxygen atoms in total. The molecule has 3 rings (SSSR count). The van der Waals surface area contributed by atoms with Gasteiger partial charge < -0.3 is 10.6 Å². The van der Waals surface area contributed by atoms with Crippen LogP contribution in [0.1, 0.15) is 38.7 Å². The van der Waals surface area contributed by atoms with Gasteiger partial charge in [-0.1, -0.05) is 62.2 Å². The Morgan fingerprint density at radius 3 is 2.41 bits per heavy atom. The Hall–Kier alpha value is -1.55. The summed E-state index contributed by atoms with van der Waals surface area (Å²) in [5.41, 5.74) is 1.94. The minimum atomic E-state index is -0.179. The number of hydrogen-bond acceptors (Lipinski definition) is 2. The van der Waals surface area contributed by atoms with Gasteiger partial charge in [-0.2, -0.15) is 0 Å². The minimum absolute atomic E-state index is 0.0153. The Kier molecular flexibility index (Phi) is 6.15. The van der Waals surface area contributed by atoms with Crippen molar-refractivity contribution in [1.29, 1.82) is 0 Å². The first kappa shape index (κ1) is 20.2. The lowest BCUT2D eigenvalue weighted by atomic mass is 9.78. The molecule has 0 saturated carbocycles. The molecular weight excluding hydrogens is 379 g/mol. The van der Waals surface area contributed by atoms with Crippen LogP contribution in [-0.2, 0) is 4.79 Å². The smallest absolute Gasteiger partial charge is 0.229 e. The van der Waals surface area contributed by atoms with Crippen molar-refractivity contribution >= 4 is 34.8 Å². The molecule has 1 aliphatic rings. The number of nitrogens with one attached hydrogen (secondary N) is 2. The van der Waals surface area contributed by atoms with Crippen molar-refractivity contribution in [2.45, 2.75) is 39.2 Å². The highest BCUT2D eigenvalue weighted by molar-refractivity contribution is 6.31. The fourth-order valence-electron chi connectivity index (χ4n) is 3.89. The molecule has 27 heavy (non-hydrogen) atoms. The van der Waals surface area contributed by atoms with E-state index < -0.39 is 0 Å². The van der Waals surface area contributed by atoms with E-state index >= 15 is 0 Å². The summed E-state index contributed by atoms with van der Waals surface area (Å²) in [6.45, 7) is 7.36. The van der Waals surface area contributed by atoms with Gasteiger partial charge in [0.05, 0.1) is 5.92 Å². The zero-order chi connectivity index (χ0) is 19.6. The Balaban J connectivity index is 1.88. The Labute approximate surface area is 171 Å². The largest absolute Gasteiger partial charge is 0.326 e. The number of benzene rings is 2. The molecule has 1 amide bonds. The summed E-state index contributed by atoms with van der Waals surface area (Å²) in [7, 11) is 0. The van der Waals surface area contributed by atoms with E-state index in [0.717, 1.165) is 24.2 Å². The second-order valence-electron chi connectivity index (χ2n) is 8.47. The van der Waals surface area contributed by atoms with Gasteiger partial charge in [-0.3, -0.25) is 4.79 Å². The van der Waals surface area contributed by atoms with Crippen molar-refractivity contribution in [3.63, 3.8) is 0 Å². The average molecular weight is 405 g/mol. The van der Waals surface area contributed by atoms with Gasteiger partial charge >= 0.3 is 0 Å². The molecule has 1 heterocycles. The van der Waals surface area contributed by atoms with Crippen molar-refractivity contribution < 1.29 is 4.79 Å². The fraction of sp³-hybridized carbons (Fsp3) is 0.409. The van der Waals surface area contributed by atoms with Crippen molar-refractivity contribution in [3.8, 4) is 0 Å². The number of carbonyl (C=O) groups excluding carboxylic acids is 1. The predicted molar refractivity (Wildman–Crippen MR) is 114 cm³/mol. The van der Waals surface area contributed by atoms with Crippen LogP contribution in [0.4, 0.5) is 5.69 Å². The topological polar surface area (TPSA) is 41.1 Å². The fourth-order valence-corrected chi connectivity index (χ4v) is 4.28. The van der Waals surface area contributed by atoms with Crippen molar-refractivity contribution in [2.75, 3.05) is 11.9 Å². The number of rotatable bonds is 4. The van der Waals surface area contributed by atoms with E-state index in [1.807, 2.05) is 30.3 Å². The van der Waals surface area contributed by atoms with Crippen LogP contribution in [0.2, 0.25) is 10.0 Å². The normalized spacial score (nSPS) is 22.6. The molecule has 3 atom stereocenters. The van der Waals surface area contributed by atoms with Crippen LogP contribution in [0.3, 0.4) is 0 Å². The highest BCUT2D eigenvalue weighted by atomic mass is 35.5. The molecule has 0 aliphatic carbocycles. The number of carbonyl (C=O) groups is 1. The number of anilines is 1. The van der Waals surface area contributed by atoms with Gasteiger partial charge in [0.1, 0.15) is 0 Å². The van der Waals surface area contributed by atoms with Gasteiger partial charge in [0.15, 0.2) is 0 Å². The van der Waals surface area contributed by atoms with E-state index in [2.05, 4.69) is 37.5 Å². The van der Waals surface area contributed by atoms with Crippen LogP contribution in [0, 0.1) is 11.3 Å². The zero-order valence-electron chi connectivity index (χ0n) is 15.9. The third-order valence-corrected chi connectivity index (χ3v) is 5.44. The molecule has 0 radical (unpaired) electrons. The Morgan fingerprint density at radius 1 is 1.11 bits per heavy atom. The number of hydrogen-bond donors (Lipinski definition) is 2. The number of halogens is 2. The molecule has 1 fully saturated rings. The zero-order valence-corrected chi connectivity index (χ0v) is 17.4. The van der Waals surface area contributed by atoms with Gasteiger partial charge in [0, 0.05) is 34.2 Å². The van der Waals surface area contributed by atoms with E-state index in [1.54, 1.807) is 12.1 Å². The van der Waals surface area contributed by atoms with Gasteiger partial charge in [0.25, 0.3) is 0 Å². The summed E-state index contributed by atoms with van der Waals surface area (Å²) in [6, 6.07) is 15.2. The van der Waals surface area contributed by atoms with Crippen LogP contribution >= 0.6 is 23.2 Å². The SMILES string of the molecule is CC(C)(C)C[C@@H]1NCC(c2cccc(Cl)c2)[C@@H]1C(=O)Nc1cccc(Cl)c1. The summed E-state index contributed by atoms with van der Waals surface area (Å²) in [6.07, 6.45) is 0.914. The summed E-state index contributed by atoms with van der Waals surface area (Å²) in [5, 5.41) is 7.94. The highest BCUT2D eigenvalue weighted by Gasteiger charge is 2.42. The lowest BCUT2D eigenvalue weighted by Gasteiger charge is -2.29. The number of amides is 1. The maximum absolute atomic E-state index is 13.3. The van der Waals surface area contributed by atoms with Crippen LogP contribution in [0.15, 0.2) is 48.5 Å². The van der Waals surface area contributed by atoms with Gasteiger partial charge in [-0.15, -0.1) is 0 Å². The molecular formula is C22H26Cl2N2O. The highest BCUT2D eigenvalue weighted by Crippen LogP contribution is 2.38. The first-order valence-electron chi connectivity index (χ1n) is 9.28. The van der Waals surface area contributed by atoms with E-state index in [0.29, 0.717) is 10.0 Å². The molecule has 2 N–H and O–H groups in total. The lowest BCUT2D eigenvalue weighted by molar-refractivity contribution is -0.120. The summed E-state index contributed by atoms with van der Waals surface area (Å²) < 4.78 is 0. The molecule has 1 unspecified atom stereocenters. The Bertz CT molecular complexity index is 816. The molecule has 2 aromatic rings. The van der Waals surface area contributed by atoms with Crippen molar-refractivity contribution in [1.82, 2.24) is 5.32 Å². The van der Waals surface area contributed by atoms with Crippen LogP contribution in [0.5, 0.6) is 0 Å². The van der Waals surface area contributed by atoms with Gasteiger partial charge in [-0.25, -0.2) is 0 Å². The van der Waals surface area contributed by atoms with E-state index in [1.165, 1.54) is 0 Å². The van der Waals surface area contributed by atoms with Gasteiger partial charge in [-0.05, 0) is 47.7 Å². The molecule has 1 saturated heterocycles. The second-order valence-corrected chi connectivity index (χ2v) is 9.34. The Morgan fingerprint density at radius 2 is 1.78 bits per heavy atom. The quantitative estimate of drug-likeness (QED) is 0.681. The van der Waals surface area contributed by atoms with Gasteiger partial charge in [0.2, 0.25) is 5.91 Å². The predicted octanol–water partition coefficient (Wildman–Crippen LogP) is 5.74. The molecule has 5 heteroatoms. The van der Waals surface area contributed by atoms with Crippen LogP contribution in [-0.4, -0.2) is 18.5 Å². The van der Waals surface area contributed by atoms with E-state index in [9.17, 15) is 4.79 Å². The third kappa shape index (κ3) is 5.25. The first-order chi connectivity index (χ1) is 12.7. The van der Waals surface area contributed by atoms with Crippen molar-refractivity contribution in [3.05, 3.63) is 64.1 Å². The summed E-state index contributed by atoms with van der Waals surface area (Å²) in [5.74, 6) is -0.0848. The maximum Gasteiger partial charge on any atom is 0.229 e. The maximum atomic E-state index is 13.3. The third-order valence-electron chi connectivity index (χ3n) is 4.97. The summed E-state index contributed by atoms with van der Waals surface area (Å²) >= 11 is 12.3. The molecule has 1 aliphatic heterocycles. The minimum Gasteiger partial charge on any atom is -0.326 e. The lowest BCUT2D eigenvalue weighted by Crippen LogP contribution is -2.38. The van der Waals surface area contributed by atoms with Crippen LogP contribution in [0.25, 0.3) is 0 Å². The molecule has 0 aromatic heterocycles. The van der Waals surface area contributed by atoms with E-state index in [-0.39, 0.29) is 29.2 Å². The van der Waals surface area contributed by atoms with E-state index in [4.69, 9.17) is 23.2 Å². The molecule has 0 spiro atoms. The molecule has 0 bridgehead atoms. The standard InChI is InChI=1S/C22H26Cl2N2O/c1-22(2,3)12-19-20(21(27)26-17-9-5-8-16(24)11-17)18(13-25-19)14-6-4-7-15(23)10-14/h4-11,18-20,25H,12-13H2,1-3H3,(H,26,27)/t18?,19-,20-/m0/s1. The molecule has 2 aromatic carbocycles. The average Bonchev–Trinajstić information content (AvgIpc) is 2.96. The summed E-state index contributed by atoms with van der Waals surface area (Å²) in [4.78, 5) is 13.3. The van der Waals surface area contributed by atoms with Crippen LogP contribution < -0.4 is 10.6 Å². The first-order valence-corrected chi connectivity index (χ1v) is 10.0. The van der Waals surface area contributed by atoms with Crippen molar-refractivity contribution in [2.24, 2.45) is 11.3 Å². The molecule has 144 valence electrons. The second kappa shape index (κ2) is 8.22.